The van der Waals surface area contributed by atoms with Crippen LogP contribution in [0.15, 0.2) is 5.16 Å². The van der Waals surface area contributed by atoms with Gasteiger partial charge in [-0.2, -0.15) is 0 Å². The monoisotopic (exact) mass is 354 g/mol. The Kier molecular flexibility index (Phi) is 7.08. The summed E-state index contributed by atoms with van der Waals surface area (Å²) in [6, 6.07) is 0.493. The van der Waals surface area contributed by atoms with Gasteiger partial charge in [0.15, 0.2) is 5.16 Å². The van der Waals surface area contributed by atoms with Crippen molar-refractivity contribution >= 4 is 23.6 Å². The van der Waals surface area contributed by atoms with E-state index in [1.807, 2.05) is 0 Å². The Morgan fingerprint density at radius 2 is 2.12 bits per heavy atom. The lowest BCUT2D eigenvalue weighted by atomic mass is 10.2. The summed E-state index contributed by atoms with van der Waals surface area (Å²) in [6.45, 7) is 6.86. The number of carbonyl (C=O) groups is 2. The molecule has 1 saturated carbocycles. The lowest BCUT2D eigenvalue weighted by Gasteiger charge is -2.10. The van der Waals surface area contributed by atoms with Crippen molar-refractivity contribution in [2.45, 2.75) is 63.6 Å². The van der Waals surface area contributed by atoms with Gasteiger partial charge in [0.05, 0.1) is 12.4 Å². The summed E-state index contributed by atoms with van der Waals surface area (Å²) in [5.41, 5.74) is 0. The predicted molar refractivity (Wildman–Crippen MR) is 92.0 cm³/mol. The Morgan fingerprint density at radius 3 is 2.75 bits per heavy atom. The number of rotatable bonds is 10. The van der Waals surface area contributed by atoms with Crippen LogP contribution < -0.4 is 5.32 Å². The number of esters is 1. The summed E-state index contributed by atoms with van der Waals surface area (Å²) in [5.74, 6) is 1.35. The van der Waals surface area contributed by atoms with Crippen molar-refractivity contribution in [3.63, 3.8) is 0 Å². The number of hydrogen-bond donors (Lipinski definition) is 1. The van der Waals surface area contributed by atoms with E-state index in [1.54, 1.807) is 6.92 Å². The molecule has 1 heterocycles. The summed E-state index contributed by atoms with van der Waals surface area (Å²) in [4.78, 5) is 23.1. The average molecular weight is 354 g/mol. The Morgan fingerprint density at radius 1 is 1.38 bits per heavy atom. The highest BCUT2D eigenvalue weighted by Gasteiger charge is 2.30. The van der Waals surface area contributed by atoms with Crippen LogP contribution in [-0.2, 0) is 14.3 Å². The van der Waals surface area contributed by atoms with Crippen LogP contribution in [0.25, 0.3) is 0 Å². The number of thioether (sulfide) groups is 1. The van der Waals surface area contributed by atoms with E-state index < -0.39 is 0 Å². The third kappa shape index (κ3) is 5.51. The summed E-state index contributed by atoms with van der Waals surface area (Å²) in [7, 11) is 0. The van der Waals surface area contributed by atoms with E-state index in [2.05, 4.69) is 33.9 Å². The lowest BCUT2D eigenvalue weighted by Crippen LogP contribution is -2.26. The molecule has 1 aromatic heterocycles. The minimum Gasteiger partial charge on any atom is -0.466 e. The van der Waals surface area contributed by atoms with Crippen molar-refractivity contribution < 1.29 is 14.3 Å². The fraction of sp³-hybridized carbons (Fsp3) is 0.750. The van der Waals surface area contributed by atoms with Crippen molar-refractivity contribution in [1.82, 2.24) is 20.1 Å². The van der Waals surface area contributed by atoms with Gasteiger partial charge in [0.25, 0.3) is 0 Å². The molecular formula is C16H26N4O3S. The fourth-order valence-corrected chi connectivity index (χ4v) is 3.17. The van der Waals surface area contributed by atoms with Crippen LogP contribution in [0.2, 0.25) is 0 Å². The second kappa shape index (κ2) is 9.05. The molecule has 7 nitrogen and oxygen atoms in total. The van der Waals surface area contributed by atoms with Gasteiger partial charge in [-0.25, -0.2) is 0 Å². The van der Waals surface area contributed by atoms with Crippen LogP contribution in [0, 0.1) is 0 Å². The lowest BCUT2D eigenvalue weighted by molar-refractivity contribution is -0.143. The number of amides is 1. The van der Waals surface area contributed by atoms with Crippen LogP contribution >= 0.6 is 11.8 Å². The van der Waals surface area contributed by atoms with E-state index in [1.165, 1.54) is 11.8 Å². The highest BCUT2D eigenvalue weighted by Crippen LogP contribution is 2.39. The fourth-order valence-electron chi connectivity index (χ4n) is 2.33. The van der Waals surface area contributed by atoms with Gasteiger partial charge >= 0.3 is 5.97 Å². The first kappa shape index (κ1) is 18.8. The number of nitrogens with zero attached hydrogens (tertiary/aromatic N) is 3. The molecule has 24 heavy (non-hydrogen) atoms. The van der Waals surface area contributed by atoms with E-state index in [4.69, 9.17) is 4.74 Å². The van der Waals surface area contributed by atoms with Gasteiger partial charge in [0.1, 0.15) is 5.82 Å². The Hall–Kier alpha value is -1.57. The SMILES string of the molecule is CCOC(=O)CCCNC(=O)CSc1nnc(C(C)C)n1C1CC1. The van der Waals surface area contributed by atoms with E-state index in [9.17, 15) is 9.59 Å². The minimum absolute atomic E-state index is 0.0553. The minimum atomic E-state index is -0.222. The van der Waals surface area contributed by atoms with Gasteiger partial charge in [-0.15, -0.1) is 10.2 Å². The Bertz CT molecular complexity index is 570. The topological polar surface area (TPSA) is 86.1 Å². The van der Waals surface area contributed by atoms with Crippen molar-refractivity contribution in [3.05, 3.63) is 5.82 Å². The molecule has 0 spiro atoms. The van der Waals surface area contributed by atoms with E-state index >= 15 is 0 Å². The maximum atomic E-state index is 11.9. The van der Waals surface area contributed by atoms with E-state index in [0.717, 1.165) is 23.8 Å². The summed E-state index contributed by atoms with van der Waals surface area (Å²) in [5, 5.41) is 12.2. The van der Waals surface area contributed by atoms with Gasteiger partial charge in [-0.1, -0.05) is 25.6 Å². The molecule has 0 saturated heterocycles. The zero-order valence-corrected chi connectivity index (χ0v) is 15.4. The Balaban J connectivity index is 1.73. The highest BCUT2D eigenvalue weighted by atomic mass is 32.2. The third-order valence-electron chi connectivity index (χ3n) is 3.64. The van der Waals surface area contributed by atoms with Gasteiger partial charge < -0.3 is 14.6 Å². The molecule has 8 heteroatoms. The number of nitrogens with one attached hydrogen (secondary N) is 1. The van der Waals surface area contributed by atoms with Crippen molar-refractivity contribution in [3.8, 4) is 0 Å². The molecule has 1 aliphatic carbocycles. The van der Waals surface area contributed by atoms with Gasteiger partial charge in [0.2, 0.25) is 5.91 Å². The van der Waals surface area contributed by atoms with Crippen LogP contribution in [0.4, 0.5) is 0 Å². The molecule has 134 valence electrons. The molecule has 0 aromatic carbocycles. The zero-order chi connectivity index (χ0) is 17.5. The molecule has 0 radical (unpaired) electrons. The molecule has 0 bridgehead atoms. The molecule has 2 rings (SSSR count). The van der Waals surface area contributed by atoms with E-state index in [0.29, 0.717) is 43.7 Å². The molecule has 0 atom stereocenters. The molecule has 1 aliphatic rings. The second-order valence-corrected chi connectivity index (χ2v) is 7.09. The number of carbonyl (C=O) groups excluding carboxylic acids is 2. The molecule has 1 aromatic rings. The second-order valence-electron chi connectivity index (χ2n) is 6.14. The normalized spacial score (nSPS) is 14.0. The number of ether oxygens (including phenoxy) is 1. The Labute approximate surface area is 146 Å². The quantitative estimate of drug-likeness (QED) is 0.394. The van der Waals surface area contributed by atoms with Gasteiger partial charge in [-0.3, -0.25) is 9.59 Å². The van der Waals surface area contributed by atoms with Gasteiger partial charge in [0, 0.05) is 24.9 Å². The number of aromatic nitrogens is 3. The first-order chi connectivity index (χ1) is 11.5. The maximum absolute atomic E-state index is 11.9. The molecular weight excluding hydrogens is 328 g/mol. The van der Waals surface area contributed by atoms with Crippen molar-refractivity contribution in [2.24, 2.45) is 0 Å². The summed E-state index contributed by atoms with van der Waals surface area (Å²) >= 11 is 1.42. The molecule has 1 amide bonds. The highest BCUT2D eigenvalue weighted by molar-refractivity contribution is 7.99. The molecule has 0 unspecified atom stereocenters. The summed E-state index contributed by atoms with van der Waals surface area (Å²) in [6.07, 6.45) is 3.23. The van der Waals surface area contributed by atoms with Crippen LogP contribution in [0.3, 0.4) is 0 Å². The van der Waals surface area contributed by atoms with Gasteiger partial charge in [-0.05, 0) is 26.2 Å². The van der Waals surface area contributed by atoms with Crippen molar-refractivity contribution in [2.75, 3.05) is 18.9 Å². The standard InChI is InChI=1S/C16H26N4O3S/c1-4-23-14(22)6-5-9-17-13(21)10-24-16-19-18-15(11(2)3)20(16)12-7-8-12/h11-12H,4-10H2,1-3H3,(H,17,21). The maximum Gasteiger partial charge on any atom is 0.305 e. The predicted octanol–water partition coefficient (Wildman–Crippen LogP) is 2.29. The molecule has 1 N–H and O–H groups in total. The van der Waals surface area contributed by atoms with Crippen LogP contribution in [0.1, 0.15) is 64.2 Å². The third-order valence-corrected chi connectivity index (χ3v) is 4.58. The first-order valence-electron chi connectivity index (χ1n) is 8.52. The van der Waals surface area contributed by atoms with Crippen molar-refractivity contribution in [1.29, 1.82) is 0 Å². The molecule has 0 aliphatic heterocycles. The average Bonchev–Trinajstić information content (AvgIpc) is 3.28. The van der Waals surface area contributed by atoms with Crippen LogP contribution in [0.5, 0.6) is 0 Å². The van der Waals surface area contributed by atoms with Crippen LogP contribution in [-0.4, -0.2) is 45.5 Å². The number of hydrogen-bond acceptors (Lipinski definition) is 6. The molecule has 1 fully saturated rings. The zero-order valence-electron chi connectivity index (χ0n) is 14.6. The largest absolute Gasteiger partial charge is 0.466 e. The smallest absolute Gasteiger partial charge is 0.305 e. The summed E-state index contributed by atoms with van der Waals surface area (Å²) < 4.78 is 7.03. The first-order valence-corrected chi connectivity index (χ1v) is 9.51. The van der Waals surface area contributed by atoms with E-state index in [-0.39, 0.29) is 11.9 Å².